The molecule has 1 N–H and O–H groups in total. The average molecular weight is 641 g/mol. The summed E-state index contributed by atoms with van der Waals surface area (Å²) in [5.41, 5.74) is 12.2. The minimum absolute atomic E-state index is 0.0854. The second-order valence-corrected chi connectivity index (χ2v) is 14.9. The van der Waals surface area contributed by atoms with E-state index >= 15 is 0 Å². The predicted octanol–water partition coefficient (Wildman–Crippen LogP) is 11.8. The van der Waals surface area contributed by atoms with Crippen molar-refractivity contribution in [1.29, 1.82) is 0 Å². The van der Waals surface area contributed by atoms with E-state index in [1.54, 1.807) is 0 Å². The molecular formula is C44H38N3S-. The van der Waals surface area contributed by atoms with Crippen LogP contribution in [0.15, 0.2) is 126 Å². The summed E-state index contributed by atoms with van der Waals surface area (Å²) in [5.74, 6) is 0.781. The van der Waals surface area contributed by atoms with Crippen molar-refractivity contribution in [2.75, 3.05) is 0 Å². The van der Waals surface area contributed by atoms with Crippen molar-refractivity contribution >= 4 is 49.3 Å². The molecule has 5 aliphatic rings. The normalized spacial score (nSPS) is 24.2. The van der Waals surface area contributed by atoms with Crippen LogP contribution in [0.1, 0.15) is 77.6 Å². The Balaban J connectivity index is 1.02. The number of benzene rings is 3. The molecular weight excluding hydrogens is 603 g/mol. The highest BCUT2D eigenvalue weighted by molar-refractivity contribution is 7.25. The first-order valence-electron chi connectivity index (χ1n) is 17.6. The topological polar surface area (TPSA) is 31.1 Å². The summed E-state index contributed by atoms with van der Waals surface area (Å²) in [7, 11) is 0. The Morgan fingerprint density at radius 1 is 0.750 bits per heavy atom. The van der Waals surface area contributed by atoms with Gasteiger partial charge in [-0.05, 0) is 96.2 Å². The van der Waals surface area contributed by atoms with E-state index in [1.165, 1.54) is 65.0 Å². The third-order valence-corrected chi connectivity index (χ3v) is 12.2. The number of aromatic nitrogens is 1. The highest BCUT2D eigenvalue weighted by atomic mass is 32.1. The van der Waals surface area contributed by atoms with Crippen molar-refractivity contribution in [3.8, 4) is 0 Å². The maximum Gasteiger partial charge on any atom is 0.0565 e. The second-order valence-electron chi connectivity index (χ2n) is 13.8. The largest absolute Gasteiger partial charge is 0.652 e. The molecule has 2 aromatic heterocycles. The van der Waals surface area contributed by atoms with Gasteiger partial charge in [-0.15, -0.1) is 17.0 Å². The van der Waals surface area contributed by atoms with E-state index in [4.69, 9.17) is 5.32 Å². The van der Waals surface area contributed by atoms with Gasteiger partial charge < -0.3 is 15.2 Å². The molecule has 0 bridgehead atoms. The zero-order valence-electron chi connectivity index (χ0n) is 27.0. The molecule has 0 saturated carbocycles. The number of rotatable bonds is 4. The number of thiophene rings is 1. The van der Waals surface area contributed by atoms with Gasteiger partial charge >= 0.3 is 0 Å². The van der Waals surface area contributed by atoms with Crippen LogP contribution in [0.25, 0.3) is 37.6 Å². The molecule has 3 heterocycles. The number of nitrogens with one attached hydrogen (secondary N) is 1. The lowest BCUT2D eigenvalue weighted by molar-refractivity contribution is 0.405. The third-order valence-electron chi connectivity index (χ3n) is 11.1. The Bertz CT molecular complexity index is 2280. The maximum atomic E-state index is 5.43. The summed E-state index contributed by atoms with van der Waals surface area (Å²) in [5, 5.41) is 12.2. The number of para-hydroxylation sites is 1. The van der Waals surface area contributed by atoms with E-state index in [-0.39, 0.29) is 12.3 Å². The van der Waals surface area contributed by atoms with Gasteiger partial charge in [0.05, 0.1) is 6.04 Å². The Morgan fingerprint density at radius 3 is 2.54 bits per heavy atom. The number of allylic oxidation sites excluding steroid dienone is 8. The van der Waals surface area contributed by atoms with Crippen LogP contribution in [0.3, 0.4) is 0 Å². The smallest absolute Gasteiger partial charge is 0.0565 e. The molecule has 3 nitrogen and oxygen atoms in total. The molecule has 0 spiro atoms. The van der Waals surface area contributed by atoms with E-state index < -0.39 is 0 Å². The summed E-state index contributed by atoms with van der Waals surface area (Å²) in [6, 6.07) is 24.8. The summed E-state index contributed by atoms with van der Waals surface area (Å²) in [6.07, 6.45) is 30.2. The Morgan fingerprint density at radius 2 is 1.62 bits per heavy atom. The highest BCUT2D eigenvalue weighted by Gasteiger charge is 2.31. The van der Waals surface area contributed by atoms with Gasteiger partial charge in [-0.2, -0.15) is 0 Å². The molecule has 4 atom stereocenters. The van der Waals surface area contributed by atoms with Crippen LogP contribution in [0.5, 0.6) is 0 Å². The van der Waals surface area contributed by atoms with Crippen molar-refractivity contribution < 1.29 is 0 Å². The minimum atomic E-state index is -0.184. The first-order valence-corrected chi connectivity index (χ1v) is 18.4. The van der Waals surface area contributed by atoms with Gasteiger partial charge in [0.25, 0.3) is 0 Å². The molecule has 5 aromatic rings. The number of hydrogen-bond donors (Lipinski definition) is 1. The van der Waals surface area contributed by atoms with Crippen molar-refractivity contribution in [1.82, 2.24) is 9.88 Å². The van der Waals surface area contributed by atoms with Gasteiger partial charge in [-0.1, -0.05) is 103 Å². The molecule has 4 aliphatic carbocycles. The maximum absolute atomic E-state index is 5.43. The van der Waals surface area contributed by atoms with Gasteiger partial charge in [0, 0.05) is 49.7 Å². The number of nitrogens with zero attached hydrogens (tertiary/aromatic N) is 2. The second kappa shape index (κ2) is 11.5. The monoisotopic (exact) mass is 640 g/mol. The lowest BCUT2D eigenvalue weighted by Crippen LogP contribution is -2.35. The summed E-state index contributed by atoms with van der Waals surface area (Å²) in [6.45, 7) is 0. The molecule has 4 unspecified atom stereocenters. The summed E-state index contributed by atoms with van der Waals surface area (Å²) in [4.78, 5) is 0. The average Bonchev–Trinajstić information content (AvgIpc) is 3.70. The zero-order chi connectivity index (χ0) is 31.6. The first-order chi connectivity index (χ1) is 23.8. The highest BCUT2D eigenvalue weighted by Crippen LogP contribution is 2.47. The Labute approximate surface area is 286 Å². The van der Waals surface area contributed by atoms with Crippen molar-refractivity contribution in [3.63, 3.8) is 0 Å². The fourth-order valence-electron chi connectivity index (χ4n) is 8.65. The van der Waals surface area contributed by atoms with Gasteiger partial charge in [0.15, 0.2) is 0 Å². The van der Waals surface area contributed by atoms with Crippen molar-refractivity contribution in [2.45, 2.75) is 56.8 Å². The van der Waals surface area contributed by atoms with Gasteiger partial charge in [-0.3, -0.25) is 0 Å². The van der Waals surface area contributed by atoms with Gasteiger partial charge in [0.1, 0.15) is 0 Å². The standard InChI is InChI=1S/C44H38N3S/c1-2-10-28(11-3-1)29-18-20-30(21-19-29)43-36-14-4-7-15-38(36)45-44(46-43)47-39-16-8-5-12-33(39)34-24-22-32(27-40(34)47)31-23-25-42-37(26-31)35-13-6-9-17-41(35)48-42/h2,4,6-11,13-18,20-26,29,32,43-44,46H,1,3,5,12,19,27H2/q-1. The minimum Gasteiger partial charge on any atom is -0.652 e. The van der Waals surface area contributed by atoms with Crippen LogP contribution in [0.4, 0.5) is 5.69 Å². The quantitative estimate of drug-likeness (QED) is 0.208. The fourth-order valence-corrected chi connectivity index (χ4v) is 9.73. The Hall–Kier alpha value is -4.64. The number of fused-ring (bicyclic) bond motifs is 7. The molecule has 4 heteroatoms. The third kappa shape index (κ3) is 4.65. The first kappa shape index (κ1) is 28.4. The summed E-state index contributed by atoms with van der Waals surface area (Å²) < 4.78 is 5.27. The lowest BCUT2D eigenvalue weighted by atomic mass is 9.84. The van der Waals surface area contributed by atoms with E-state index in [2.05, 4.69) is 137 Å². The van der Waals surface area contributed by atoms with E-state index in [0.29, 0.717) is 11.8 Å². The van der Waals surface area contributed by atoms with Gasteiger partial charge in [0.2, 0.25) is 0 Å². The summed E-state index contributed by atoms with van der Waals surface area (Å²) >= 11 is 1.89. The SMILES string of the molecule is C1=CC(C2C=CC(C3NC(n4c5c(c6c4CC(c4ccc7sc8ccccc8c7c4)C=C6)CCC=C5)[N-]c4ccccc43)=CC2)=CCC1. The van der Waals surface area contributed by atoms with Crippen LogP contribution in [-0.4, -0.2) is 4.57 Å². The zero-order valence-corrected chi connectivity index (χ0v) is 27.8. The molecule has 0 radical (unpaired) electrons. The fraction of sp³-hybridized carbons (Fsp3) is 0.227. The lowest BCUT2D eigenvalue weighted by Gasteiger charge is -2.47. The Kier molecular flexibility index (Phi) is 6.80. The van der Waals surface area contributed by atoms with Crippen LogP contribution in [-0.2, 0) is 12.8 Å². The van der Waals surface area contributed by atoms with Crippen LogP contribution in [0.2, 0.25) is 0 Å². The van der Waals surface area contributed by atoms with Crippen LogP contribution < -0.4 is 5.32 Å². The molecule has 236 valence electrons. The molecule has 48 heavy (non-hydrogen) atoms. The predicted molar refractivity (Wildman–Crippen MR) is 203 cm³/mol. The number of hydrogen-bond acceptors (Lipinski definition) is 2. The molecule has 10 rings (SSSR count). The van der Waals surface area contributed by atoms with Gasteiger partial charge in [-0.25, -0.2) is 0 Å². The van der Waals surface area contributed by atoms with Crippen LogP contribution in [0, 0.1) is 5.92 Å². The van der Waals surface area contributed by atoms with E-state index in [9.17, 15) is 0 Å². The van der Waals surface area contributed by atoms with Crippen molar-refractivity contribution in [2.24, 2.45) is 5.92 Å². The molecule has 1 aliphatic heterocycles. The molecule has 3 aromatic carbocycles. The molecule has 0 saturated heterocycles. The van der Waals surface area contributed by atoms with Crippen molar-refractivity contribution in [3.05, 3.63) is 165 Å². The molecule has 0 amide bonds. The van der Waals surface area contributed by atoms with Crippen LogP contribution >= 0.6 is 11.3 Å². The molecule has 0 fully saturated rings. The van der Waals surface area contributed by atoms with E-state index in [1.807, 2.05) is 11.3 Å². The van der Waals surface area contributed by atoms with E-state index in [0.717, 1.165) is 44.2 Å².